The number of anilines is 3. The zero-order valence-corrected chi connectivity index (χ0v) is 13.0. The molecule has 0 spiro atoms. The lowest BCUT2D eigenvalue weighted by atomic mass is 10.2. The van der Waals surface area contributed by atoms with Gasteiger partial charge in [-0.2, -0.15) is 10.1 Å². The van der Waals surface area contributed by atoms with Crippen LogP contribution < -0.4 is 10.6 Å². The highest BCUT2D eigenvalue weighted by molar-refractivity contribution is 6.33. The summed E-state index contributed by atoms with van der Waals surface area (Å²) >= 11 is 6.11. The minimum absolute atomic E-state index is 0.282. The largest absolute Gasteiger partial charge is 0.465 e. The third-order valence-corrected chi connectivity index (χ3v) is 3.08. The van der Waals surface area contributed by atoms with Crippen LogP contribution in [0.15, 0.2) is 24.4 Å². The van der Waals surface area contributed by atoms with Crippen LogP contribution in [-0.4, -0.2) is 34.8 Å². The molecule has 0 aliphatic rings. The molecule has 0 fully saturated rings. The third kappa shape index (κ3) is 4.05. The fraction of sp³-hybridized carbons (Fsp3) is 0.286. The van der Waals surface area contributed by atoms with Gasteiger partial charge in [0.05, 0.1) is 29.6 Å². The lowest BCUT2D eigenvalue weighted by Gasteiger charge is -2.09. The Bertz CT molecular complexity index is 665. The summed E-state index contributed by atoms with van der Waals surface area (Å²) in [5.74, 6) is 0.446. The molecule has 8 heteroatoms. The molecule has 0 aliphatic carbocycles. The summed E-state index contributed by atoms with van der Waals surface area (Å²) in [6.07, 6.45) is 2.51. The van der Waals surface area contributed by atoms with E-state index in [9.17, 15) is 4.79 Å². The molecule has 2 aromatic rings. The standard InChI is InChI=1S/C14H16ClN5O2/c1-3-6-16-12-8-17-20-14(19-12)18-11-7-9(13(21)22-2)4-5-10(11)15/h4-5,7-8H,3,6H2,1-2H3,(H2,16,18,19,20). The minimum atomic E-state index is -0.447. The van der Waals surface area contributed by atoms with Crippen molar-refractivity contribution in [1.29, 1.82) is 0 Å². The Labute approximate surface area is 133 Å². The zero-order valence-electron chi connectivity index (χ0n) is 12.3. The van der Waals surface area contributed by atoms with E-state index in [1.54, 1.807) is 18.2 Å². The summed E-state index contributed by atoms with van der Waals surface area (Å²) in [6.45, 7) is 2.84. The average Bonchev–Trinajstić information content (AvgIpc) is 2.54. The number of halogens is 1. The number of carbonyl (C=O) groups excluding carboxylic acids is 1. The lowest BCUT2D eigenvalue weighted by Crippen LogP contribution is -2.07. The van der Waals surface area contributed by atoms with Crippen LogP contribution in [0.2, 0.25) is 5.02 Å². The number of nitrogens with zero attached hydrogens (tertiary/aromatic N) is 3. The molecule has 0 aliphatic heterocycles. The van der Waals surface area contributed by atoms with Crippen LogP contribution in [0, 0.1) is 0 Å². The van der Waals surface area contributed by atoms with Crippen LogP contribution in [0.25, 0.3) is 0 Å². The van der Waals surface area contributed by atoms with E-state index in [4.69, 9.17) is 11.6 Å². The maximum atomic E-state index is 11.6. The smallest absolute Gasteiger partial charge is 0.337 e. The van der Waals surface area contributed by atoms with Gasteiger partial charge in [-0.25, -0.2) is 4.79 Å². The molecule has 2 N–H and O–H groups in total. The fourth-order valence-electron chi connectivity index (χ4n) is 1.68. The first-order valence-electron chi connectivity index (χ1n) is 6.72. The molecule has 116 valence electrons. The summed E-state index contributed by atoms with van der Waals surface area (Å²) in [5.41, 5.74) is 0.877. The van der Waals surface area contributed by atoms with Crippen molar-refractivity contribution in [1.82, 2.24) is 15.2 Å². The van der Waals surface area contributed by atoms with Crippen LogP contribution in [0.4, 0.5) is 17.5 Å². The van der Waals surface area contributed by atoms with Crippen LogP contribution in [0.1, 0.15) is 23.7 Å². The summed E-state index contributed by atoms with van der Waals surface area (Å²) in [4.78, 5) is 15.8. The SMILES string of the molecule is CCCNc1cnnc(Nc2cc(C(=O)OC)ccc2Cl)n1. The van der Waals surface area contributed by atoms with Crippen LogP contribution >= 0.6 is 11.6 Å². The van der Waals surface area contributed by atoms with Crippen molar-refractivity contribution in [3.05, 3.63) is 35.0 Å². The second-order valence-corrected chi connectivity index (χ2v) is 4.81. The van der Waals surface area contributed by atoms with Crippen LogP contribution in [0.5, 0.6) is 0 Å². The van der Waals surface area contributed by atoms with Gasteiger partial charge in [-0.15, -0.1) is 5.10 Å². The van der Waals surface area contributed by atoms with Crippen molar-refractivity contribution < 1.29 is 9.53 Å². The molecule has 1 aromatic carbocycles. The van der Waals surface area contributed by atoms with Crippen molar-refractivity contribution in [3.8, 4) is 0 Å². The van der Waals surface area contributed by atoms with Gasteiger partial charge in [-0.05, 0) is 24.6 Å². The van der Waals surface area contributed by atoms with Gasteiger partial charge >= 0.3 is 5.97 Å². The molecule has 1 aromatic heterocycles. The number of carbonyl (C=O) groups is 1. The summed E-state index contributed by atoms with van der Waals surface area (Å²) in [5, 5.41) is 14.2. The first kappa shape index (κ1) is 16.0. The van der Waals surface area contributed by atoms with Crippen molar-refractivity contribution in [2.45, 2.75) is 13.3 Å². The van der Waals surface area contributed by atoms with Gasteiger partial charge in [0.15, 0.2) is 5.82 Å². The first-order valence-corrected chi connectivity index (χ1v) is 7.10. The molecule has 0 saturated heterocycles. The topological polar surface area (TPSA) is 89.0 Å². The van der Waals surface area contributed by atoms with Crippen LogP contribution in [-0.2, 0) is 4.74 Å². The first-order chi connectivity index (χ1) is 10.6. The van der Waals surface area contributed by atoms with Gasteiger partial charge in [-0.3, -0.25) is 0 Å². The van der Waals surface area contributed by atoms with Crippen LogP contribution in [0.3, 0.4) is 0 Å². The predicted octanol–water partition coefficient (Wildman–Crippen LogP) is 2.88. The molecule has 0 saturated carbocycles. The molecule has 7 nitrogen and oxygen atoms in total. The van der Waals surface area contributed by atoms with Crippen molar-refractivity contribution in [2.75, 3.05) is 24.3 Å². The van der Waals surface area contributed by atoms with E-state index in [2.05, 4.69) is 37.5 Å². The Hall–Kier alpha value is -2.41. The number of methoxy groups -OCH3 is 1. The normalized spacial score (nSPS) is 10.1. The molecule has 0 atom stereocenters. The Balaban J connectivity index is 2.21. The second kappa shape index (κ2) is 7.56. The maximum absolute atomic E-state index is 11.6. The molecular formula is C14H16ClN5O2. The number of benzene rings is 1. The molecule has 0 bridgehead atoms. The van der Waals surface area contributed by atoms with E-state index in [1.807, 2.05) is 0 Å². The third-order valence-electron chi connectivity index (χ3n) is 2.75. The highest BCUT2D eigenvalue weighted by Crippen LogP contribution is 2.25. The Morgan fingerprint density at radius 1 is 1.41 bits per heavy atom. The number of hydrogen-bond acceptors (Lipinski definition) is 7. The number of aromatic nitrogens is 3. The highest BCUT2D eigenvalue weighted by Gasteiger charge is 2.10. The number of hydrogen-bond donors (Lipinski definition) is 2. The minimum Gasteiger partial charge on any atom is -0.465 e. The maximum Gasteiger partial charge on any atom is 0.337 e. The Morgan fingerprint density at radius 3 is 2.95 bits per heavy atom. The lowest BCUT2D eigenvalue weighted by molar-refractivity contribution is 0.0601. The van der Waals surface area contributed by atoms with E-state index in [1.165, 1.54) is 13.3 Å². The van der Waals surface area contributed by atoms with Gasteiger partial charge in [0.2, 0.25) is 5.95 Å². The number of ether oxygens (including phenoxy) is 1. The van der Waals surface area contributed by atoms with E-state index < -0.39 is 5.97 Å². The zero-order chi connectivity index (χ0) is 15.9. The van der Waals surface area contributed by atoms with E-state index in [0.717, 1.165) is 13.0 Å². The molecular weight excluding hydrogens is 306 g/mol. The van der Waals surface area contributed by atoms with Gasteiger partial charge in [-0.1, -0.05) is 18.5 Å². The monoisotopic (exact) mass is 321 g/mol. The molecule has 0 unspecified atom stereocenters. The predicted molar refractivity (Wildman–Crippen MR) is 84.7 cm³/mol. The quantitative estimate of drug-likeness (QED) is 0.791. The Morgan fingerprint density at radius 2 is 2.23 bits per heavy atom. The average molecular weight is 322 g/mol. The van der Waals surface area contributed by atoms with Gasteiger partial charge in [0.1, 0.15) is 0 Å². The fourth-order valence-corrected chi connectivity index (χ4v) is 1.85. The molecule has 0 amide bonds. The molecule has 0 radical (unpaired) electrons. The number of esters is 1. The number of rotatable bonds is 6. The summed E-state index contributed by atoms with van der Waals surface area (Å²) in [7, 11) is 1.32. The van der Waals surface area contributed by atoms with Crippen molar-refractivity contribution >= 4 is 35.0 Å². The molecule has 1 heterocycles. The van der Waals surface area contributed by atoms with E-state index >= 15 is 0 Å². The van der Waals surface area contributed by atoms with Crippen molar-refractivity contribution in [2.24, 2.45) is 0 Å². The van der Waals surface area contributed by atoms with Gasteiger partial charge < -0.3 is 15.4 Å². The molecule has 2 rings (SSSR count). The van der Waals surface area contributed by atoms with Gasteiger partial charge in [0.25, 0.3) is 0 Å². The number of nitrogens with one attached hydrogen (secondary N) is 2. The molecule has 22 heavy (non-hydrogen) atoms. The van der Waals surface area contributed by atoms with Gasteiger partial charge in [0, 0.05) is 6.54 Å². The summed E-state index contributed by atoms with van der Waals surface area (Å²) in [6, 6.07) is 4.75. The van der Waals surface area contributed by atoms with E-state index in [-0.39, 0.29) is 5.95 Å². The highest BCUT2D eigenvalue weighted by atomic mass is 35.5. The Kier molecular flexibility index (Phi) is 5.48. The summed E-state index contributed by atoms with van der Waals surface area (Å²) < 4.78 is 4.68. The van der Waals surface area contributed by atoms with Crippen molar-refractivity contribution in [3.63, 3.8) is 0 Å². The second-order valence-electron chi connectivity index (χ2n) is 4.40. The van der Waals surface area contributed by atoms with E-state index in [0.29, 0.717) is 22.1 Å².